The van der Waals surface area contributed by atoms with Gasteiger partial charge in [0.1, 0.15) is 11.6 Å². The van der Waals surface area contributed by atoms with Crippen LogP contribution in [0.4, 0.5) is 26.6 Å². The summed E-state index contributed by atoms with van der Waals surface area (Å²) in [5, 5.41) is 12.3. The van der Waals surface area contributed by atoms with Crippen LogP contribution in [0.2, 0.25) is 0 Å². The van der Waals surface area contributed by atoms with Crippen molar-refractivity contribution in [3.63, 3.8) is 0 Å². The minimum atomic E-state index is -0.313. The first-order valence-electron chi connectivity index (χ1n) is 14.2. The van der Waals surface area contributed by atoms with Crippen molar-refractivity contribution in [3.8, 4) is 0 Å². The molecule has 232 valence electrons. The summed E-state index contributed by atoms with van der Waals surface area (Å²) in [5.41, 5.74) is 8.50. The van der Waals surface area contributed by atoms with Gasteiger partial charge in [0.25, 0.3) is 5.91 Å². The molecule has 0 unspecified atom stereocenters. The van der Waals surface area contributed by atoms with Gasteiger partial charge in [0, 0.05) is 38.3 Å². The maximum atomic E-state index is 13.3. The first kappa shape index (κ1) is 32.2. The highest BCUT2D eigenvalue weighted by atomic mass is 19.1. The fourth-order valence-electron chi connectivity index (χ4n) is 3.88. The molecule has 4 rings (SSSR count). The van der Waals surface area contributed by atoms with Crippen LogP contribution in [0.25, 0.3) is 0 Å². The molecule has 6 N–H and O–H groups in total. The first-order valence-corrected chi connectivity index (χ1v) is 14.2. The van der Waals surface area contributed by atoms with Crippen LogP contribution in [-0.4, -0.2) is 60.4 Å². The predicted octanol–water partition coefficient (Wildman–Crippen LogP) is 3.71. The first-order chi connectivity index (χ1) is 21.5. The van der Waals surface area contributed by atoms with E-state index in [-0.39, 0.29) is 17.5 Å². The predicted molar refractivity (Wildman–Crippen MR) is 164 cm³/mol. The molecule has 1 heterocycles. The highest BCUT2D eigenvalue weighted by Crippen LogP contribution is 2.14. The Morgan fingerprint density at radius 1 is 0.614 bits per heavy atom. The Hall–Kier alpha value is -4.72. The minimum absolute atomic E-state index is 0.196. The molecule has 0 fully saturated rings. The van der Waals surface area contributed by atoms with Crippen LogP contribution in [-0.2, 0) is 29.1 Å². The number of nitrogens with one attached hydrogen (secondary N) is 4. The van der Waals surface area contributed by atoms with Crippen molar-refractivity contribution in [3.05, 3.63) is 107 Å². The van der Waals surface area contributed by atoms with Gasteiger partial charge in [0.05, 0.1) is 26.4 Å². The van der Waals surface area contributed by atoms with Crippen molar-refractivity contribution in [1.82, 2.24) is 20.3 Å². The number of carbonyl (C=O) groups is 1. The van der Waals surface area contributed by atoms with E-state index in [0.717, 1.165) is 16.7 Å². The average Bonchev–Trinajstić information content (AvgIpc) is 3.04. The van der Waals surface area contributed by atoms with E-state index in [1.54, 1.807) is 36.4 Å². The molecule has 0 bridgehead atoms. The maximum Gasteiger partial charge on any atom is 0.251 e. The number of carbonyl (C=O) groups excluding carboxylic acids is 1. The van der Waals surface area contributed by atoms with E-state index in [4.69, 9.17) is 15.2 Å². The monoisotopic (exact) mass is 606 g/mol. The fourth-order valence-corrected chi connectivity index (χ4v) is 3.88. The van der Waals surface area contributed by atoms with E-state index < -0.39 is 0 Å². The second-order valence-electron chi connectivity index (χ2n) is 9.59. The van der Waals surface area contributed by atoms with Gasteiger partial charge < -0.3 is 36.5 Å². The minimum Gasteiger partial charge on any atom is -0.378 e. The van der Waals surface area contributed by atoms with Gasteiger partial charge in [0.15, 0.2) is 0 Å². The van der Waals surface area contributed by atoms with Gasteiger partial charge in [-0.2, -0.15) is 15.0 Å². The lowest BCUT2D eigenvalue weighted by molar-refractivity contribution is 0.0511. The van der Waals surface area contributed by atoms with Gasteiger partial charge in [-0.3, -0.25) is 4.79 Å². The zero-order valence-electron chi connectivity index (χ0n) is 24.2. The third-order valence-corrected chi connectivity index (χ3v) is 6.20. The van der Waals surface area contributed by atoms with Gasteiger partial charge in [-0.15, -0.1) is 0 Å². The zero-order valence-corrected chi connectivity index (χ0v) is 24.2. The molecule has 13 heteroatoms. The quantitative estimate of drug-likeness (QED) is 0.106. The van der Waals surface area contributed by atoms with E-state index in [2.05, 4.69) is 36.2 Å². The second-order valence-corrected chi connectivity index (χ2v) is 9.59. The lowest BCUT2D eigenvalue weighted by atomic mass is 10.1. The number of benzene rings is 3. The van der Waals surface area contributed by atoms with Gasteiger partial charge in [-0.05, 0) is 53.1 Å². The molecular weight excluding hydrogens is 570 g/mol. The number of anilines is 3. The fraction of sp³-hybridized carbons (Fsp3) is 0.290. The molecule has 0 saturated carbocycles. The van der Waals surface area contributed by atoms with Gasteiger partial charge >= 0.3 is 0 Å². The lowest BCUT2D eigenvalue weighted by Gasteiger charge is -2.12. The van der Waals surface area contributed by atoms with Crippen molar-refractivity contribution in [1.29, 1.82) is 0 Å². The number of amides is 1. The topological polar surface area (TPSA) is 148 Å². The molecule has 11 nitrogen and oxygen atoms in total. The van der Waals surface area contributed by atoms with Crippen molar-refractivity contribution in [2.75, 3.05) is 55.5 Å². The Morgan fingerprint density at radius 2 is 1.02 bits per heavy atom. The molecule has 0 spiro atoms. The molecule has 0 atom stereocenters. The van der Waals surface area contributed by atoms with Crippen LogP contribution < -0.4 is 27.0 Å². The van der Waals surface area contributed by atoms with Crippen LogP contribution in [0, 0.1) is 11.6 Å². The SMILES string of the molecule is NCCOCCOCCNC(=O)c1ccc(CNc2nc(NCc3ccc(F)cc3)nc(NCc3ccc(F)cc3)n2)cc1. The van der Waals surface area contributed by atoms with E-state index >= 15 is 0 Å². The lowest BCUT2D eigenvalue weighted by Crippen LogP contribution is -2.27. The number of aromatic nitrogens is 3. The number of rotatable bonds is 18. The summed E-state index contributed by atoms with van der Waals surface area (Å²) < 4.78 is 37.2. The number of nitrogens with zero attached hydrogens (tertiary/aromatic N) is 3. The number of nitrogens with two attached hydrogens (primary N) is 1. The number of hydrogen-bond donors (Lipinski definition) is 5. The maximum absolute atomic E-state index is 13.3. The molecule has 1 amide bonds. The average molecular weight is 607 g/mol. The molecule has 0 aliphatic carbocycles. The summed E-state index contributed by atoms with van der Waals surface area (Å²) in [6.45, 7) is 3.78. The van der Waals surface area contributed by atoms with Crippen molar-refractivity contribution in [2.45, 2.75) is 19.6 Å². The van der Waals surface area contributed by atoms with Crippen LogP contribution in [0.3, 0.4) is 0 Å². The van der Waals surface area contributed by atoms with E-state index in [9.17, 15) is 13.6 Å². The second kappa shape index (κ2) is 17.4. The summed E-state index contributed by atoms with van der Waals surface area (Å²) in [4.78, 5) is 25.8. The Labute approximate surface area is 254 Å². The molecule has 3 aromatic carbocycles. The standard InChI is InChI=1S/C31H36F2N8O3/c32-26-9-3-23(4-10-26)20-37-30-39-29(40-31(41-30)38-21-24-5-11-27(33)12-6-24)36-19-22-1-7-25(8-2-22)28(42)35-14-16-44-18-17-43-15-13-34/h1-12H,13-21,34H2,(H,35,42)(H3,36,37,38,39,40,41). The van der Waals surface area contributed by atoms with Gasteiger partial charge in [0.2, 0.25) is 17.8 Å². The van der Waals surface area contributed by atoms with E-state index in [0.29, 0.717) is 82.6 Å². The Morgan fingerprint density at radius 3 is 1.45 bits per heavy atom. The third kappa shape index (κ3) is 11.2. The molecule has 0 radical (unpaired) electrons. The number of hydrogen-bond acceptors (Lipinski definition) is 10. The molecule has 0 aliphatic heterocycles. The van der Waals surface area contributed by atoms with Gasteiger partial charge in [-0.1, -0.05) is 36.4 Å². The highest BCUT2D eigenvalue weighted by molar-refractivity contribution is 5.94. The summed E-state index contributed by atoms with van der Waals surface area (Å²) in [5.74, 6) is 0.122. The Bertz CT molecular complexity index is 1370. The number of halogens is 2. The summed E-state index contributed by atoms with van der Waals surface area (Å²) in [6, 6.07) is 19.4. The third-order valence-electron chi connectivity index (χ3n) is 6.20. The smallest absolute Gasteiger partial charge is 0.251 e. The van der Waals surface area contributed by atoms with E-state index in [1.165, 1.54) is 24.3 Å². The van der Waals surface area contributed by atoms with Gasteiger partial charge in [-0.25, -0.2) is 8.78 Å². The van der Waals surface area contributed by atoms with Crippen LogP contribution in [0.5, 0.6) is 0 Å². The zero-order chi connectivity index (χ0) is 31.0. The largest absolute Gasteiger partial charge is 0.378 e. The number of ether oxygens (including phenoxy) is 2. The molecule has 44 heavy (non-hydrogen) atoms. The summed E-state index contributed by atoms with van der Waals surface area (Å²) >= 11 is 0. The molecule has 0 aliphatic rings. The highest BCUT2D eigenvalue weighted by Gasteiger charge is 2.09. The molecule has 4 aromatic rings. The van der Waals surface area contributed by atoms with Crippen LogP contribution in [0.1, 0.15) is 27.0 Å². The van der Waals surface area contributed by atoms with E-state index in [1.807, 2.05) is 12.1 Å². The molecular formula is C31H36F2N8O3. The summed E-state index contributed by atoms with van der Waals surface area (Å²) in [6.07, 6.45) is 0. The molecule has 1 aromatic heterocycles. The Balaban J connectivity index is 1.31. The Kier molecular flexibility index (Phi) is 12.7. The van der Waals surface area contributed by atoms with Crippen LogP contribution in [0.15, 0.2) is 72.8 Å². The summed E-state index contributed by atoms with van der Waals surface area (Å²) in [7, 11) is 0. The van der Waals surface area contributed by atoms with Crippen molar-refractivity contribution in [2.24, 2.45) is 5.73 Å². The molecule has 0 saturated heterocycles. The van der Waals surface area contributed by atoms with Crippen molar-refractivity contribution < 1.29 is 23.0 Å². The van der Waals surface area contributed by atoms with Crippen molar-refractivity contribution >= 4 is 23.8 Å². The normalized spacial score (nSPS) is 10.8. The van der Waals surface area contributed by atoms with Crippen LogP contribution >= 0.6 is 0 Å².